The van der Waals surface area contributed by atoms with Gasteiger partial charge in [-0.3, -0.25) is 0 Å². The molecule has 0 amide bonds. The molecule has 1 aromatic carbocycles. The molecule has 1 aromatic heterocycles. The normalized spacial score (nSPS) is 18.6. The second-order valence-corrected chi connectivity index (χ2v) is 6.04. The molecule has 1 aliphatic rings. The summed E-state index contributed by atoms with van der Waals surface area (Å²) in [5.41, 5.74) is 9.38. The summed E-state index contributed by atoms with van der Waals surface area (Å²) in [5.74, 6) is 1.47. The minimum atomic E-state index is -1.83. The Kier molecular flexibility index (Phi) is 6.37. The Bertz CT molecular complexity index is 648. The predicted molar refractivity (Wildman–Crippen MR) is 92.7 cm³/mol. The van der Waals surface area contributed by atoms with Crippen molar-refractivity contribution in [3.8, 4) is 5.69 Å². The minimum Gasteiger partial charge on any atom is -0.450 e. The van der Waals surface area contributed by atoms with Crippen molar-refractivity contribution in [1.82, 2.24) is 9.55 Å². The SMILES string of the molecule is CCc1ccc(-n2cnc(C3CC3CCCN)c2)cc1.O=C(O)O. The molecular formula is C18H25N3O3. The van der Waals surface area contributed by atoms with Gasteiger partial charge in [0.2, 0.25) is 0 Å². The Morgan fingerprint density at radius 1 is 1.33 bits per heavy atom. The molecule has 1 aliphatic carbocycles. The van der Waals surface area contributed by atoms with Crippen LogP contribution in [0.25, 0.3) is 5.69 Å². The molecule has 0 bridgehead atoms. The molecule has 0 radical (unpaired) electrons. The van der Waals surface area contributed by atoms with Crippen molar-refractivity contribution in [3.05, 3.63) is 48.0 Å². The number of imidazole rings is 1. The van der Waals surface area contributed by atoms with Crippen molar-refractivity contribution in [2.45, 2.75) is 38.5 Å². The maximum Gasteiger partial charge on any atom is 0.503 e. The van der Waals surface area contributed by atoms with Crippen molar-refractivity contribution in [2.24, 2.45) is 11.7 Å². The number of rotatable bonds is 6. The number of carboxylic acid groups (broad SMARTS) is 2. The van der Waals surface area contributed by atoms with Crippen LogP contribution in [0, 0.1) is 5.92 Å². The molecule has 130 valence electrons. The molecule has 0 aliphatic heterocycles. The van der Waals surface area contributed by atoms with E-state index in [4.69, 9.17) is 20.7 Å². The van der Waals surface area contributed by atoms with Gasteiger partial charge in [-0.05, 0) is 55.8 Å². The van der Waals surface area contributed by atoms with Crippen LogP contribution >= 0.6 is 0 Å². The second kappa shape index (κ2) is 8.49. The Morgan fingerprint density at radius 3 is 2.58 bits per heavy atom. The molecule has 6 nitrogen and oxygen atoms in total. The van der Waals surface area contributed by atoms with Gasteiger partial charge in [0.15, 0.2) is 0 Å². The van der Waals surface area contributed by atoms with Crippen molar-refractivity contribution < 1.29 is 15.0 Å². The van der Waals surface area contributed by atoms with E-state index in [1.165, 1.54) is 29.8 Å². The first-order valence-corrected chi connectivity index (χ1v) is 8.30. The van der Waals surface area contributed by atoms with Crippen molar-refractivity contribution in [1.29, 1.82) is 0 Å². The lowest BCUT2D eigenvalue weighted by molar-refractivity contribution is 0.137. The molecule has 2 aromatic rings. The van der Waals surface area contributed by atoms with Gasteiger partial charge in [0, 0.05) is 17.8 Å². The predicted octanol–water partition coefficient (Wildman–Crippen LogP) is 3.50. The van der Waals surface area contributed by atoms with Crippen LogP contribution in [0.4, 0.5) is 4.79 Å². The highest BCUT2D eigenvalue weighted by Crippen LogP contribution is 2.49. The van der Waals surface area contributed by atoms with Crippen LogP contribution in [0.1, 0.15) is 43.4 Å². The van der Waals surface area contributed by atoms with E-state index in [0.717, 1.165) is 25.3 Å². The van der Waals surface area contributed by atoms with E-state index in [0.29, 0.717) is 5.92 Å². The topological polar surface area (TPSA) is 101 Å². The molecule has 2 atom stereocenters. The van der Waals surface area contributed by atoms with E-state index < -0.39 is 6.16 Å². The van der Waals surface area contributed by atoms with Gasteiger partial charge in [0.05, 0.1) is 12.0 Å². The maximum atomic E-state index is 8.56. The lowest BCUT2D eigenvalue weighted by atomic mass is 10.1. The molecule has 6 heteroatoms. The molecule has 1 heterocycles. The number of hydrogen-bond donors (Lipinski definition) is 3. The van der Waals surface area contributed by atoms with E-state index in [9.17, 15) is 0 Å². The average Bonchev–Trinajstić information content (AvgIpc) is 3.17. The smallest absolute Gasteiger partial charge is 0.450 e. The van der Waals surface area contributed by atoms with Gasteiger partial charge in [-0.25, -0.2) is 9.78 Å². The molecule has 4 N–H and O–H groups in total. The highest BCUT2D eigenvalue weighted by molar-refractivity contribution is 5.53. The Labute approximate surface area is 142 Å². The highest BCUT2D eigenvalue weighted by atomic mass is 16.6. The molecule has 1 fully saturated rings. The monoisotopic (exact) mass is 331 g/mol. The first-order chi connectivity index (χ1) is 11.5. The van der Waals surface area contributed by atoms with Crippen LogP contribution in [-0.4, -0.2) is 32.5 Å². The summed E-state index contributed by atoms with van der Waals surface area (Å²) in [6, 6.07) is 8.72. The lowest BCUT2D eigenvalue weighted by Gasteiger charge is -2.03. The minimum absolute atomic E-state index is 0.665. The number of nitrogens with zero attached hydrogens (tertiary/aromatic N) is 2. The third-order valence-corrected chi connectivity index (χ3v) is 4.33. The Morgan fingerprint density at radius 2 is 2.00 bits per heavy atom. The van der Waals surface area contributed by atoms with Gasteiger partial charge in [-0.15, -0.1) is 0 Å². The van der Waals surface area contributed by atoms with E-state index in [1.54, 1.807) is 0 Å². The number of aromatic nitrogens is 2. The van der Waals surface area contributed by atoms with Crippen LogP contribution in [-0.2, 0) is 6.42 Å². The zero-order valence-electron chi connectivity index (χ0n) is 13.9. The summed E-state index contributed by atoms with van der Waals surface area (Å²) in [6.45, 7) is 2.99. The summed E-state index contributed by atoms with van der Waals surface area (Å²) in [6.07, 6.45) is 7.05. The first-order valence-electron chi connectivity index (χ1n) is 8.30. The number of benzene rings is 1. The van der Waals surface area contributed by atoms with E-state index in [1.807, 2.05) is 6.33 Å². The fourth-order valence-electron chi connectivity index (χ4n) is 2.88. The van der Waals surface area contributed by atoms with Crippen LogP contribution in [0.5, 0.6) is 0 Å². The lowest BCUT2D eigenvalue weighted by Crippen LogP contribution is -1.98. The molecular weight excluding hydrogens is 306 g/mol. The largest absolute Gasteiger partial charge is 0.503 e. The van der Waals surface area contributed by atoms with Crippen LogP contribution in [0.3, 0.4) is 0 Å². The number of aryl methyl sites for hydroxylation is 1. The van der Waals surface area contributed by atoms with Crippen molar-refractivity contribution in [2.75, 3.05) is 6.54 Å². The standard InChI is InChI=1S/C17H23N3.CH2O3/c1-2-13-5-7-15(8-6-13)20-11-17(19-12-20)16-10-14(16)4-3-9-18;2-1(3)4/h5-8,11-12,14,16H,2-4,9-10,18H2,1H3;(H2,2,3,4). The molecule has 2 unspecified atom stereocenters. The fourth-order valence-corrected chi connectivity index (χ4v) is 2.88. The van der Waals surface area contributed by atoms with E-state index in [-0.39, 0.29) is 0 Å². The third kappa shape index (κ3) is 5.09. The van der Waals surface area contributed by atoms with Crippen molar-refractivity contribution in [3.63, 3.8) is 0 Å². The molecule has 24 heavy (non-hydrogen) atoms. The van der Waals surface area contributed by atoms with Crippen LogP contribution in [0.2, 0.25) is 0 Å². The number of carbonyl (C=O) groups is 1. The zero-order chi connectivity index (χ0) is 17.5. The van der Waals surface area contributed by atoms with Gasteiger partial charge < -0.3 is 20.5 Å². The van der Waals surface area contributed by atoms with E-state index >= 15 is 0 Å². The summed E-state index contributed by atoms with van der Waals surface area (Å²) in [7, 11) is 0. The highest BCUT2D eigenvalue weighted by Gasteiger charge is 2.38. The van der Waals surface area contributed by atoms with Crippen LogP contribution < -0.4 is 5.73 Å². The summed E-state index contributed by atoms with van der Waals surface area (Å²) in [5, 5.41) is 13.9. The van der Waals surface area contributed by atoms with Gasteiger partial charge in [0.1, 0.15) is 0 Å². The second-order valence-electron chi connectivity index (χ2n) is 6.04. The van der Waals surface area contributed by atoms with Gasteiger partial charge in [-0.2, -0.15) is 0 Å². The Hall–Kier alpha value is -2.34. The molecule has 1 saturated carbocycles. The Balaban J connectivity index is 0.000000471. The summed E-state index contributed by atoms with van der Waals surface area (Å²) < 4.78 is 2.13. The molecule has 0 saturated heterocycles. The average molecular weight is 331 g/mol. The number of nitrogens with two attached hydrogens (primary N) is 1. The van der Waals surface area contributed by atoms with Gasteiger partial charge in [0.25, 0.3) is 0 Å². The fraction of sp³-hybridized carbons (Fsp3) is 0.444. The third-order valence-electron chi connectivity index (χ3n) is 4.33. The maximum absolute atomic E-state index is 8.56. The van der Waals surface area contributed by atoms with Gasteiger partial charge in [-0.1, -0.05) is 19.1 Å². The summed E-state index contributed by atoms with van der Waals surface area (Å²) in [4.78, 5) is 13.1. The summed E-state index contributed by atoms with van der Waals surface area (Å²) >= 11 is 0. The van der Waals surface area contributed by atoms with Crippen LogP contribution in [0.15, 0.2) is 36.8 Å². The van der Waals surface area contributed by atoms with Crippen molar-refractivity contribution >= 4 is 6.16 Å². The number of hydrogen-bond acceptors (Lipinski definition) is 3. The van der Waals surface area contributed by atoms with Gasteiger partial charge >= 0.3 is 6.16 Å². The van der Waals surface area contributed by atoms with E-state index in [2.05, 4.69) is 46.9 Å². The molecule has 0 spiro atoms. The first kappa shape index (κ1) is 18.0. The molecule has 3 rings (SSSR count). The zero-order valence-corrected chi connectivity index (χ0v) is 13.9. The quantitative estimate of drug-likeness (QED) is 0.752.